The van der Waals surface area contributed by atoms with Crippen LogP contribution in [-0.4, -0.2) is 44.9 Å². The molecule has 0 aliphatic carbocycles. The van der Waals surface area contributed by atoms with Gasteiger partial charge in [0.2, 0.25) is 10.0 Å². The van der Waals surface area contributed by atoms with Gasteiger partial charge in [0, 0.05) is 17.8 Å². The Morgan fingerprint density at radius 1 is 1.38 bits per heavy atom. The van der Waals surface area contributed by atoms with E-state index in [0.29, 0.717) is 31.1 Å². The number of hydrogen-bond acceptors (Lipinski definition) is 6. The van der Waals surface area contributed by atoms with Gasteiger partial charge in [-0.1, -0.05) is 6.92 Å². The molecule has 0 radical (unpaired) electrons. The molecule has 3 rings (SSSR count). The SMILES string of the molecule is CCOC(=O)c1cc2cc(S(=O)(=O)N3CCC(C)(CN)C3)ccc2s1.Cl. The number of fused-ring (bicyclic) bond motifs is 1. The van der Waals surface area contributed by atoms with E-state index in [1.807, 2.05) is 6.92 Å². The predicted octanol–water partition coefficient (Wildman–Crippen LogP) is 2.86. The molecule has 1 aromatic carbocycles. The van der Waals surface area contributed by atoms with Crippen molar-refractivity contribution in [2.24, 2.45) is 11.1 Å². The van der Waals surface area contributed by atoms with Gasteiger partial charge in [-0.3, -0.25) is 0 Å². The van der Waals surface area contributed by atoms with Crippen LogP contribution in [0.5, 0.6) is 0 Å². The summed E-state index contributed by atoms with van der Waals surface area (Å²) >= 11 is 1.30. The van der Waals surface area contributed by atoms with E-state index in [0.717, 1.165) is 16.5 Å². The number of thiophene rings is 1. The van der Waals surface area contributed by atoms with Gasteiger partial charge in [-0.05, 0) is 55.0 Å². The number of carbonyl (C=O) groups excluding carboxylic acids is 1. The van der Waals surface area contributed by atoms with Crippen molar-refractivity contribution in [3.8, 4) is 0 Å². The standard InChI is InChI=1S/C17H22N2O4S2.ClH/c1-3-23-16(20)15-9-12-8-13(4-5-14(12)24-15)25(21,22)19-7-6-17(2,10-18)11-19;/h4-5,8-9H,3,6-7,10-11,18H2,1-2H3;1H. The normalized spacial score (nSPS) is 20.9. The number of sulfonamides is 1. The van der Waals surface area contributed by atoms with E-state index in [1.54, 1.807) is 31.2 Å². The lowest BCUT2D eigenvalue weighted by molar-refractivity contribution is 0.0532. The lowest BCUT2D eigenvalue weighted by atomic mass is 9.90. The molecule has 2 N–H and O–H groups in total. The molecular weight excluding hydrogens is 396 g/mol. The Kier molecular flexibility index (Phi) is 6.35. The smallest absolute Gasteiger partial charge is 0.348 e. The molecule has 1 atom stereocenters. The Morgan fingerprint density at radius 2 is 2.12 bits per heavy atom. The molecule has 1 saturated heterocycles. The average Bonchev–Trinajstić information content (AvgIpc) is 3.19. The predicted molar refractivity (Wildman–Crippen MR) is 106 cm³/mol. The van der Waals surface area contributed by atoms with Gasteiger partial charge in [0.1, 0.15) is 4.88 Å². The maximum atomic E-state index is 12.9. The summed E-state index contributed by atoms with van der Waals surface area (Å²) in [4.78, 5) is 12.6. The molecule has 2 heterocycles. The van der Waals surface area contributed by atoms with Crippen molar-refractivity contribution in [2.45, 2.75) is 25.2 Å². The molecule has 26 heavy (non-hydrogen) atoms. The fourth-order valence-electron chi connectivity index (χ4n) is 2.98. The van der Waals surface area contributed by atoms with Gasteiger partial charge in [-0.15, -0.1) is 23.7 Å². The summed E-state index contributed by atoms with van der Waals surface area (Å²) in [5.74, 6) is -0.383. The van der Waals surface area contributed by atoms with Crippen LogP contribution in [0.15, 0.2) is 29.2 Å². The van der Waals surface area contributed by atoms with Crippen LogP contribution in [0.1, 0.15) is 29.9 Å². The number of esters is 1. The first kappa shape index (κ1) is 21.1. The molecule has 1 unspecified atom stereocenters. The van der Waals surface area contributed by atoms with Gasteiger partial charge in [-0.2, -0.15) is 4.31 Å². The molecule has 0 bridgehead atoms. The zero-order chi connectivity index (χ0) is 18.2. The molecular formula is C17H23ClN2O4S2. The van der Waals surface area contributed by atoms with Crippen molar-refractivity contribution in [2.75, 3.05) is 26.2 Å². The zero-order valence-electron chi connectivity index (χ0n) is 14.7. The average molecular weight is 419 g/mol. The summed E-state index contributed by atoms with van der Waals surface area (Å²) in [5, 5.41) is 0.731. The van der Waals surface area contributed by atoms with Crippen LogP contribution in [0.2, 0.25) is 0 Å². The van der Waals surface area contributed by atoms with Crippen LogP contribution in [0.25, 0.3) is 10.1 Å². The quantitative estimate of drug-likeness (QED) is 0.754. The van der Waals surface area contributed by atoms with E-state index in [2.05, 4.69) is 0 Å². The highest BCUT2D eigenvalue weighted by Crippen LogP contribution is 2.34. The molecule has 2 aromatic rings. The number of benzene rings is 1. The Hall–Kier alpha value is -1.19. The van der Waals surface area contributed by atoms with E-state index in [-0.39, 0.29) is 28.7 Å². The van der Waals surface area contributed by atoms with E-state index in [9.17, 15) is 13.2 Å². The highest BCUT2D eigenvalue weighted by molar-refractivity contribution is 7.89. The lowest BCUT2D eigenvalue weighted by Gasteiger charge is -2.22. The summed E-state index contributed by atoms with van der Waals surface area (Å²) in [5.41, 5.74) is 5.61. The van der Waals surface area contributed by atoms with E-state index in [4.69, 9.17) is 10.5 Å². The summed E-state index contributed by atoms with van der Waals surface area (Å²) in [7, 11) is -3.57. The molecule has 0 spiro atoms. The van der Waals surface area contributed by atoms with Crippen molar-refractivity contribution < 1.29 is 17.9 Å². The van der Waals surface area contributed by atoms with Crippen LogP contribution < -0.4 is 5.73 Å². The second-order valence-electron chi connectivity index (χ2n) is 6.63. The summed E-state index contributed by atoms with van der Waals surface area (Å²) in [6, 6.07) is 6.65. The molecule has 6 nitrogen and oxygen atoms in total. The van der Waals surface area contributed by atoms with Gasteiger partial charge in [0.05, 0.1) is 11.5 Å². The van der Waals surface area contributed by atoms with Gasteiger partial charge in [-0.25, -0.2) is 13.2 Å². The van der Waals surface area contributed by atoms with Crippen molar-refractivity contribution in [3.05, 3.63) is 29.1 Å². The van der Waals surface area contributed by atoms with Crippen LogP contribution >= 0.6 is 23.7 Å². The maximum Gasteiger partial charge on any atom is 0.348 e. The number of nitrogens with zero attached hydrogens (tertiary/aromatic N) is 1. The highest BCUT2D eigenvalue weighted by Gasteiger charge is 2.39. The van der Waals surface area contributed by atoms with Gasteiger partial charge in [0.15, 0.2) is 0 Å². The summed E-state index contributed by atoms with van der Waals surface area (Å²) in [6.45, 7) is 5.44. The van der Waals surface area contributed by atoms with Crippen LogP contribution in [0, 0.1) is 5.41 Å². The van der Waals surface area contributed by atoms with Crippen LogP contribution in [0.3, 0.4) is 0 Å². The third-order valence-electron chi connectivity index (χ3n) is 4.62. The molecule has 0 saturated carbocycles. The second kappa shape index (κ2) is 7.82. The molecule has 1 aliphatic heterocycles. The minimum atomic E-state index is -3.57. The number of carbonyl (C=O) groups is 1. The fourth-order valence-corrected chi connectivity index (χ4v) is 5.55. The topological polar surface area (TPSA) is 89.7 Å². The largest absolute Gasteiger partial charge is 0.462 e. The first-order valence-corrected chi connectivity index (χ1v) is 10.5. The number of halogens is 1. The first-order valence-electron chi connectivity index (χ1n) is 8.20. The first-order chi connectivity index (χ1) is 11.8. The molecule has 1 aromatic heterocycles. The van der Waals surface area contributed by atoms with Gasteiger partial charge >= 0.3 is 5.97 Å². The minimum Gasteiger partial charge on any atom is -0.462 e. The number of rotatable bonds is 5. The maximum absolute atomic E-state index is 12.9. The molecule has 1 aliphatic rings. The zero-order valence-corrected chi connectivity index (χ0v) is 17.2. The Morgan fingerprint density at radius 3 is 2.73 bits per heavy atom. The van der Waals surface area contributed by atoms with Crippen molar-refractivity contribution in [1.29, 1.82) is 0 Å². The monoisotopic (exact) mass is 418 g/mol. The number of nitrogens with two attached hydrogens (primary N) is 1. The van der Waals surface area contributed by atoms with E-state index < -0.39 is 10.0 Å². The van der Waals surface area contributed by atoms with E-state index in [1.165, 1.54) is 15.6 Å². The second-order valence-corrected chi connectivity index (χ2v) is 9.66. The van der Waals surface area contributed by atoms with Crippen molar-refractivity contribution in [3.63, 3.8) is 0 Å². The third kappa shape index (κ3) is 3.89. The van der Waals surface area contributed by atoms with Gasteiger partial charge in [0.25, 0.3) is 0 Å². The fraction of sp³-hybridized carbons (Fsp3) is 0.471. The van der Waals surface area contributed by atoms with Crippen molar-refractivity contribution >= 4 is 49.8 Å². The Bertz CT molecular complexity index is 913. The summed E-state index contributed by atoms with van der Waals surface area (Å²) in [6.07, 6.45) is 0.760. The lowest BCUT2D eigenvalue weighted by Crippen LogP contribution is -2.34. The van der Waals surface area contributed by atoms with Crippen LogP contribution in [-0.2, 0) is 14.8 Å². The Labute approximate surface area is 163 Å². The molecule has 0 amide bonds. The third-order valence-corrected chi connectivity index (χ3v) is 7.56. The minimum absolute atomic E-state index is 0. The summed E-state index contributed by atoms with van der Waals surface area (Å²) < 4.78 is 33.2. The highest BCUT2D eigenvalue weighted by atomic mass is 35.5. The Balaban J connectivity index is 0.00000243. The van der Waals surface area contributed by atoms with Crippen LogP contribution in [0.4, 0.5) is 0 Å². The van der Waals surface area contributed by atoms with E-state index >= 15 is 0 Å². The van der Waals surface area contributed by atoms with Gasteiger partial charge < -0.3 is 10.5 Å². The molecule has 144 valence electrons. The number of ether oxygens (including phenoxy) is 1. The number of hydrogen-bond donors (Lipinski definition) is 1. The van der Waals surface area contributed by atoms with Crippen molar-refractivity contribution in [1.82, 2.24) is 4.31 Å². The molecule has 1 fully saturated rings. The molecule has 9 heteroatoms.